The van der Waals surface area contributed by atoms with Crippen molar-refractivity contribution in [1.82, 2.24) is 0 Å². The third-order valence-corrected chi connectivity index (χ3v) is 2.99. The van der Waals surface area contributed by atoms with Gasteiger partial charge < -0.3 is 5.73 Å². The van der Waals surface area contributed by atoms with E-state index in [2.05, 4.69) is 0 Å². The predicted octanol–water partition coefficient (Wildman–Crippen LogP) is 3.15. The molecule has 88 valence electrons. The van der Waals surface area contributed by atoms with E-state index in [9.17, 15) is 4.79 Å². The lowest BCUT2D eigenvalue weighted by molar-refractivity contribution is 0.0958. The number of Topliss-reactive ketones (excluding diaryl/α,β-unsaturated/α-hetero) is 1. The summed E-state index contributed by atoms with van der Waals surface area (Å²) in [7, 11) is 0. The number of carbonyl (C=O) groups is 1. The van der Waals surface area contributed by atoms with E-state index in [-0.39, 0.29) is 11.8 Å². The van der Waals surface area contributed by atoms with Crippen molar-refractivity contribution in [1.29, 1.82) is 0 Å². The van der Waals surface area contributed by atoms with E-state index >= 15 is 0 Å². The van der Waals surface area contributed by atoms with Gasteiger partial charge in [0.05, 0.1) is 6.04 Å². The molecule has 0 bridgehead atoms. The third kappa shape index (κ3) is 2.37. The molecule has 0 aliphatic carbocycles. The number of carbonyl (C=O) groups excluding carboxylic acids is 1. The molecule has 2 rings (SSSR count). The van der Waals surface area contributed by atoms with Gasteiger partial charge in [-0.3, -0.25) is 4.79 Å². The molecule has 0 saturated heterocycles. The van der Waals surface area contributed by atoms with Gasteiger partial charge in [0.1, 0.15) is 0 Å². The Labute approximate surface area is 101 Å². The number of rotatable bonds is 4. The second kappa shape index (κ2) is 5.11. The van der Waals surface area contributed by atoms with Gasteiger partial charge in [-0.05, 0) is 17.2 Å². The van der Waals surface area contributed by atoms with Gasteiger partial charge >= 0.3 is 0 Å². The highest BCUT2D eigenvalue weighted by molar-refractivity contribution is 6.10. The van der Waals surface area contributed by atoms with Gasteiger partial charge in [-0.25, -0.2) is 0 Å². The van der Waals surface area contributed by atoms with Crippen LogP contribution in [0.25, 0.3) is 10.8 Å². The van der Waals surface area contributed by atoms with Gasteiger partial charge in [0.15, 0.2) is 5.78 Å². The van der Waals surface area contributed by atoms with Crippen molar-refractivity contribution in [3.8, 4) is 0 Å². The molecule has 2 nitrogen and oxygen atoms in total. The molecule has 2 N–H and O–H groups in total. The molecule has 2 aromatic carbocycles. The fraction of sp³-hybridized carbons (Fsp3) is 0.267. The highest BCUT2D eigenvalue weighted by Crippen LogP contribution is 2.20. The average molecular weight is 227 g/mol. The van der Waals surface area contributed by atoms with Gasteiger partial charge in [0.2, 0.25) is 0 Å². The summed E-state index contributed by atoms with van der Waals surface area (Å²) in [6.07, 6.45) is 1.67. The fourth-order valence-electron chi connectivity index (χ4n) is 2.08. The van der Waals surface area contributed by atoms with Crippen molar-refractivity contribution >= 4 is 16.6 Å². The Morgan fingerprint density at radius 1 is 1.18 bits per heavy atom. The topological polar surface area (TPSA) is 43.1 Å². The first-order chi connectivity index (χ1) is 8.24. The third-order valence-electron chi connectivity index (χ3n) is 2.99. The highest BCUT2D eigenvalue weighted by atomic mass is 16.1. The maximum absolute atomic E-state index is 12.2. The van der Waals surface area contributed by atoms with Crippen LogP contribution in [0, 0.1) is 0 Å². The summed E-state index contributed by atoms with van der Waals surface area (Å²) in [6, 6.07) is 13.3. The van der Waals surface area contributed by atoms with Crippen molar-refractivity contribution in [2.75, 3.05) is 0 Å². The highest BCUT2D eigenvalue weighted by Gasteiger charge is 2.16. The van der Waals surface area contributed by atoms with Crippen LogP contribution in [0.3, 0.4) is 0 Å². The van der Waals surface area contributed by atoms with Crippen molar-refractivity contribution < 1.29 is 4.79 Å². The minimum atomic E-state index is -0.384. The lowest BCUT2D eigenvalue weighted by atomic mass is 9.96. The number of nitrogens with two attached hydrogens (primary N) is 1. The van der Waals surface area contributed by atoms with E-state index in [1.54, 1.807) is 0 Å². The lowest BCUT2D eigenvalue weighted by Gasteiger charge is -2.11. The SMILES string of the molecule is CCCC(N)C(=O)c1cccc2ccccc12. The Morgan fingerprint density at radius 2 is 1.88 bits per heavy atom. The van der Waals surface area contributed by atoms with Crippen LogP contribution in [-0.4, -0.2) is 11.8 Å². The van der Waals surface area contributed by atoms with Crippen LogP contribution >= 0.6 is 0 Å². The van der Waals surface area contributed by atoms with E-state index < -0.39 is 0 Å². The first-order valence-corrected chi connectivity index (χ1v) is 6.01. The van der Waals surface area contributed by atoms with Crippen molar-refractivity contribution in [2.24, 2.45) is 5.73 Å². The molecular formula is C15H17NO. The van der Waals surface area contributed by atoms with Gasteiger partial charge in [-0.15, -0.1) is 0 Å². The summed E-state index contributed by atoms with van der Waals surface area (Å²) in [5.74, 6) is 0.0450. The fourth-order valence-corrected chi connectivity index (χ4v) is 2.08. The Bertz CT molecular complexity index is 528. The minimum absolute atomic E-state index is 0.0450. The maximum Gasteiger partial charge on any atom is 0.180 e. The molecular weight excluding hydrogens is 210 g/mol. The monoisotopic (exact) mass is 227 g/mol. The van der Waals surface area contributed by atoms with Gasteiger partial charge in [-0.1, -0.05) is 55.8 Å². The van der Waals surface area contributed by atoms with E-state index in [0.717, 1.165) is 29.2 Å². The van der Waals surface area contributed by atoms with Crippen molar-refractivity contribution in [3.05, 3.63) is 48.0 Å². The Hall–Kier alpha value is -1.67. The first kappa shape index (κ1) is 11.8. The molecule has 0 aromatic heterocycles. The van der Waals surface area contributed by atoms with Crippen LogP contribution in [-0.2, 0) is 0 Å². The van der Waals surface area contributed by atoms with E-state index in [1.807, 2.05) is 49.4 Å². The molecule has 2 aromatic rings. The molecule has 0 amide bonds. The second-order valence-corrected chi connectivity index (χ2v) is 4.29. The summed E-state index contributed by atoms with van der Waals surface area (Å²) in [4.78, 5) is 12.2. The van der Waals surface area contributed by atoms with Crippen LogP contribution in [0.4, 0.5) is 0 Å². The lowest BCUT2D eigenvalue weighted by Crippen LogP contribution is -2.30. The zero-order valence-electron chi connectivity index (χ0n) is 10.0. The Balaban J connectivity index is 2.45. The van der Waals surface area contributed by atoms with Crippen LogP contribution in [0.1, 0.15) is 30.1 Å². The average Bonchev–Trinajstić information content (AvgIpc) is 2.37. The quantitative estimate of drug-likeness (QED) is 0.815. The van der Waals surface area contributed by atoms with Crippen LogP contribution in [0.5, 0.6) is 0 Å². The zero-order valence-corrected chi connectivity index (χ0v) is 10.0. The van der Waals surface area contributed by atoms with Crippen LogP contribution in [0.15, 0.2) is 42.5 Å². The largest absolute Gasteiger partial charge is 0.321 e. The van der Waals surface area contributed by atoms with Gasteiger partial charge in [0, 0.05) is 5.56 Å². The Kier molecular flexibility index (Phi) is 3.55. The molecule has 1 unspecified atom stereocenters. The minimum Gasteiger partial charge on any atom is -0.321 e. The second-order valence-electron chi connectivity index (χ2n) is 4.29. The molecule has 0 aliphatic rings. The van der Waals surface area contributed by atoms with E-state index in [0.29, 0.717) is 0 Å². The van der Waals surface area contributed by atoms with Crippen LogP contribution in [0.2, 0.25) is 0 Å². The number of hydrogen-bond acceptors (Lipinski definition) is 2. The Morgan fingerprint density at radius 3 is 2.65 bits per heavy atom. The molecule has 2 heteroatoms. The van der Waals surface area contributed by atoms with Crippen molar-refractivity contribution in [2.45, 2.75) is 25.8 Å². The number of ketones is 1. The molecule has 0 heterocycles. The molecule has 0 spiro atoms. The van der Waals surface area contributed by atoms with Gasteiger partial charge in [-0.2, -0.15) is 0 Å². The summed E-state index contributed by atoms with van der Waals surface area (Å²) in [6.45, 7) is 2.04. The molecule has 17 heavy (non-hydrogen) atoms. The summed E-state index contributed by atoms with van der Waals surface area (Å²) in [5.41, 5.74) is 6.64. The predicted molar refractivity (Wildman–Crippen MR) is 71.2 cm³/mol. The normalized spacial score (nSPS) is 12.6. The van der Waals surface area contributed by atoms with E-state index in [4.69, 9.17) is 5.73 Å². The van der Waals surface area contributed by atoms with E-state index in [1.165, 1.54) is 0 Å². The standard InChI is InChI=1S/C15H17NO/c1-2-6-14(16)15(17)13-10-5-8-11-7-3-4-9-12(11)13/h3-5,7-10,14H,2,6,16H2,1H3. The zero-order chi connectivity index (χ0) is 12.3. The summed E-state index contributed by atoms with van der Waals surface area (Å²) < 4.78 is 0. The summed E-state index contributed by atoms with van der Waals surface area (Å²) >= 11 is 0. The number of hydrogen-bond donors (Lipinski definition) is 1. The molecule has 1 atom stereocenters. The molecule has 0 radical (unpaired) electrons. The molecule has 0 fully saturated rings. The first-order valence-electron chi connectivity index (χ1n) is 6.01. The molecule has 0 saturated carbocycles. The summed E-state index contributed by atoms with van der Waals surface area (Å²) in [5, 5.41) is 2.08. The maximum atomic E-state index is 12.2. The van der Waals surface area contributed by atoms with Gasteiger partial charge in [0.25, 0.3) is 0 Å². The van der Waals surface area contributed by atoms with Crippen LogP contribution < -0.4 is 5.73 Å². The smallest absolute Gasteiger partial charge is 0.180 e. The van der Waals surface area contributed by atoms with Crippen molar-refractivity contribution in [3.63, 3.8) is 0 Å². The molecule has 0 aliphatic heterocycles. The number of fused-ring (bicyclic) bond motifs is 1. The number of benzene rings is 2.